The molecule has 0 aliphatic carbocycles. The summed E-state index contributed by atoms with van der Waals surface area (Å²) in [7, 11) is 0. The van der Waals surface area contributed by atoms with Crippen molar-refractivity contribution in [1.29, 1.82) is 0 Å². The van der Waals surface area contributed by atoms with E-state index in [4.69, 9.17) is 0 Å². The molecular formula is C13H21F. The minimum Gasteiger partial charge on any atom is -0.207 e. The van der Waals surface area contributed by atoms with Gasteiger partial charge in [0.05, 0.1) is 0 Å². The molecule has 0 saturated heterocycles. The first kappa shape index (κ1) is 13.2. The largest absolute Gasteiger partial charge is 0.207 e. The molecule has 0 aliphatic rings. The zero-order valence-corrected chi connectivity index (χ0v) is 9.95. The molecule has 1 heteroatoms. The third kappa shape index (κ3) is 5.74. The fourth-order valence-electron chi connectivity index (χ4n) is 1.10. The van der Waals surface area contributed by atoms with Crippen molar-refractivity contribution < 1.29 is 4.39 Å². The van der Waals surface area contributed by atoms with Crippen LogP contribution in [0.3, 0.4) is 0 Å². The molecular weight excluding hydrogens is 175 g/mol. The molecule has 0 radical (unpaired) electrons. The number of hydrogen-bond donors (Lipinski definition) is 0. The molecule has 0 aliphatic heterocycles. The molecule has 0 aromatic carbocycles. The van der Waals surface area contributed by atoms with Gasteiger partial charge in [-0.2, -0.15) is 0 Å². The van der Waals surface area contributed by atoms with E-state index in [0.29, 0.717) is 5.57 Å². The summed E-state index contributed by atoms with van der Waals surface area (Å²) in [5, 5.41) is 0. The van der Waals surface area contributed by atoms with Gasteiger partial charge in [0.2, 0.25) is 0 Å². The van der Waals surface area contributed by atoms with Crippen molar-refractivity contribution in [2.24, 2.45) is 5.41 Å². The van der Waals surface area contributed by atoms with Gasteiger partial charge in [-0.1, -0.05) is 33.4 Å². The van der Waals surface area contributed by atoms with Gasteiger partial charge in [0, 0.05) is 0 Å². The van der Waals surface area contributed by atoms with Gasteiger partial charge in [-0.25, -0.2) is 4.39 Å². The lowest BCUT2D eigenvalue weighted by molar-refractivity contribution is 0.412. The predicted molar refractivity (Wildman–Crippen MR) is 61.8 cm³/mol. The minimum absolute atomic E-state index is 0.149. The lowest BCUT2D eigenvalue weighted by Crippen LogP contribution is -2.05. The zero-order chi connectivity index (χ0) is 11.4. The Morgan fingerprint density at radius 1 is 1.29 bits per heavy atom. The van der Waals surface area contributed by atoms with E-state index < -0.39 is 0 Å². The van der Waals surface area contributed by atoms with Gasteiger partial charge >= 0.3 is 0 Å². The smallest absolute Gasteiger partial charge is 0.122 e. The summed E-state index contributed by atoms with van der Waals surface area (Å²) in [6.07, 6.45) is 4.15. The minimum atomic E-state index is -0.149. The van der Waals surface area contributed by atoms with Gasteiger partial charge in [-0.3, -0.25) is 0 Å². The lowest BCUT2D eigenvalue weighted by Gasteiger charge is -2.18. The van der Waals surface area contributed by atoms with E-state index in [9.17, 15) is 4.39 Å². The third-order valence-electron chi connectivity index (χ3n) is 1.79. The van der Waals surface area contributed by atoms with E-state index in [1.54, 1.807) is 26.0 Å². The molecule has 0 heterocycles. The molecule has 0 N–H and O–H groups in total. The van der Waals surface area contributed by atoms with Crippen LogP contribution in [0.1, 0.15) is 41.0 Å². The molecule has 0 aromatic heterocycles. The Morgan fingerprint density at radius 2 is 1.79 bits per heavy atom. The zero-order valence-electron chi connectivity index (χ0n) is 9.95. The maximum atomic E-state index is 13.3. The van der Waals surface area contributed by atoms with Crippen molar-refractivity contribution in [2.45, 2.75) is 41.0 Å². The number of rotatable bonds is 3. The average molecular weight is 196 g/mol. The summed E-state index contributed by atoms with van der Waals surface area (Å²) in [5.41, 5.74) is 1.83. The van der Waals surface area contributed by atoms with Crippen LogP contribution in [0.15, 0.2) is 35.7 Å². The van der Waals surface area contributed by atoms with Gasteiger partial charge in [-0.05, 0) is 42.9 Å². The van der Waals surface area contributed by atoms with E-state index >= 15 is 0 Å². The standard InChI is InChI=1S/C13H21F/c1-7-11(9-13(4,5)6)8-12(14)10(2)3/h7-8H,1,9H2,2-6H3/b11-8+. The molecule has 0 nitrogen and oxygen atoms in total. The normalized spacial score (nSPS) is 12.6. The highest BCUT2D eigenvalue weighted by molar-refractivity contribution is 5.28. The molecule has 0 rings (SSSR count). The first-order valence-electron chi connectivity index (χ1n) is 4.92. The van der Waals surface area contributed by atoms with Crippen LogP contribution >= 0.6 is 0 Å². The van der Waals surface area contributed by atoms with E-state index in [0.717, 1.165) is 12.0 Å². The van der Waals surface area contributed by atoms with Crippen LogP contribution in [0, 0.1) is 5.41 Å². The highest BCUT2D eigenvalue weighted by Gasteiger charge is 2.11. The maximum Gasteiger partial charge on any atom is 0.122 e. The molecule has 0 saturated carbocycles. The van der Waals surface area contributed by atoms with Crippen molar-refractivity contribution in [3.8, 4) is 0 Å². The fraction of sp³-hybridized carbons (Fsp3) is 0.538. The molecule has 0 unspecified atom stereocenters. The van der Waals surface area contributed by atoms with Crippen LogP contribution in [-0.4, -0.2) is 0 Å². The third-order valence-corrected chi connectivity index (χ3v) is 1.79. The molecule has 80 valence electrons. The summed E-state index contributed by atoms with van der Waals surface area (Å²) in [5.74, 6) is -0.149. The van der Waals surface area contributed by atoms with Crippen LogP contribution in [0.4, 0.5) is 4.39 Å². The summed E-state index contributed by atoms with van der Waals surface area (Å²) < 4.78 is 13.3. The number of allylic oxidation sites excluding steroid dienone is 5. The monoisotopic (exact) mass is 196 g/mol. The van der Waals surface area contributed by atoms with Crippen molar-refractivity contribution in [3.63, 3.8) is 0 Å². The molecule has 0 atom stereocenters. The first-order chi connectivity index (χ1) is 6.26. The SMILES string of the molecule is C=C/C(=C\C(F)=C(C)C)CC(C)(C)C. The summed E-state index contributed by atoms with van der Waals surface area (Å²) in [6, 6.07) is 0. The van der Waals surface area contributed by atoms with Gasteiger partial charge in [0.1, 0.15) is 5.83 Å². The maximum absolute atomic E-state index is 13.3. The molecule has 0 aromatic rings. The van der Waals surface area contributed by atoms with Gasteiger partial charge in [0.25, 0.3) is 0 Å². The van der Waals surface area contributed by atoms with Gasteiger partial charge in [0.15, 0.2) is 0 Å². The number of halogens is 1. The Labute approximate surface area is 87.2 Å². The highest BCUT2D eigenvalue weighted by Crippen LogP contribution is 2.25. The van der Waals surface area contributed by atoms with Crippen LogP contribution in [0.25, 0.3) is 0 Å². The van der Waals surface area contributed by atoms with Crippen LogP contribution in [-0.2, 0) is 0 Å². The molecule has 14 heavy (non-hydrogen) atoms. The lowest BCUT2D eigenvalue weighted by atomic mass is 9.87. The second-order valence-corrected chi connectivity index (χ2v) is 5.01. The molecule has 0 fully saturated rings. The Hall–Kier alpha value is -0.850. The van der Waals surface area contributed by atoms with Crippen molar-refractivity contribution in [2.75, 3.05) is 0 Å². The van der Waals surface area contributed by atoms with Crippen LogP contribution in [0.2, 0.25) is 0 Å². The molecule has 0 amide bonds. The van der Waals surface area contributed by atoms with Crippen LogP contribution in [0.5, 0.6) is 0 Å². The Morgan fingerprint density at radius 3 is 2.07 bits per heavy atom. The highest BCUT2D eigenvalue weighted by atomic mass is 19.1. The fourth-order valence-corrected chi connectivity index (χ4v) is 1.10. The van der Waals surface area contributed by atoms with Crippen molar-refractivity contribution in [1.82, 2.24) is 0 Å². The average Bonchev–Trinajstić information content (AvgIpc) is 2.00. The topological polar surface area (TPSA) is 0 Å². The van der Waals surface area contributed by atoms with Crippen LogP contribution < -0.4 is 0 Å². The summed E-state index contributed by atoms with van der Waals surface area (Å²) >= 11 is 0. The quantitative estimate of drug-likeness (QED) is 0.569. The Balaban J connectivity index is 4.75. The van der Waals surface area contributed by atoms with E-state index in [1.165, 1.54) is 0 Å². The van der Waals surface area contributed by atoms with Crippen molar-refractivity contribution in [3.05, 3.63) is 35.7 Å². The Kier molecular flexibility index (Phi) is 4.82. The van der Waals surface area contributed by atoms with Gasteiger partial charge in [-0.15, -0.1) is 0 Å². The van der Waals surface area contributed by atoms with Gasteiger partial charge < -0.3 is 0 Å². The molecule has 0 spiro atoms. The first-order valence-corrected chi connectivity index (χ1v) is 4.92. The second kappa shape index (κ2) is 5.14. The second-order valence-electron chi connectivity index (χ2n) is 5.01. The van der Waals surface area contributed by atoms with E-state index in [-0.39, 0.29) is 11.2 Å². The van der Waals surface area contributed by atoms with E-state index in [1.807, 2.05) is 0 Å². The van der Waals surface area contributed by atoms with E-state index in [2.05, 4.69) is 27.4 Å². The number of hydrogen-bond acceptors (Lipinski definition) is 0. The predicted octanol–water partition coefficient (Wildman–Crippen LogP) is 4.80. The summed E-state index contributed by atoms with van der Waals surface area (Å²) in [6.45, 7) is 13.6. The summed E-state index contributed by atoms with van der Waals surface area (Å²) in [4.78, 5) is 0. The Bertz CT molecular complexity index is 257. The van der Waals surface area contributed by atoms with Crippen molar-refractivity contribution >= 4 is 0 Å². The molecule has 0 bridgehead atoms.